The van der Waals surface area contributed by atoms with Crippen molar-refractivity contribution >= 4 is 27.1 Å². The van der Waals surface area contributed by atoms with Gasteiger partial charge in [0, 0.05) is 16.8 Å². The Morgan fingerprint density at radius 2 is 1.84 bits per heavy atom. The number of aromatic hydroxyl groups is 1. The summed E-state index contributed by atoms with van der Waals surface area (Å²) in [6.07, 6.45) is -5.03. The van der Waals surface area contributed by atoms with Crippen LogP contribution in [0.3, 0.4) is 0 Å². The second kappa shape index (κ2) is 10.9. The summed E-state index contributed by atoms with van der Waals surface area (Å²) in [5.74, 6) is -2.27. The van der Waals surface area contributed by atoms with E-state index in [2.05, 4.69) is 5.32 Å². The molecule has 0 radical (unpaired) electrons. The van der Waals surface area contributed by atoms with Gasteiger partial charge >= 0.3 is 6.18 Å². The molecule has 2 N–H and O–H groups in total. The largest absolute Gasteiger partial charge is 0.506 e. The Bertz CT molecular complexity index is 1730. The van der Waals surface area contributed by atoms with E-state index in [1.165, 1.54) is 18.2 Å². The number of carbonyl (C=O) groups excluding carboxylic acids is 1. The monoisotopic (exact) mass is 618 g/mol. The third-order valence-corrected chi connectivity index (χ3v) is 9.74. The lowest BCUT2D eigenvalue weighted by atomic mass is 9.88. The Hall–Kier alpha value is -4.06. The van der Waals surface area contributed by atoms with E-state index in [9.17, 15) is 31.5 Å². The fraction of sp³-hybridized carbons (Fsp3) is 0.323. The van der Waals surface area contributed by atoms with Gasteiger partial charge in [0.2, 0.25) is 5.91 Å². The van der Waals surface area contributed by atoms with E-state index in [0.717, 1.165) is 11.0 Å². The molecule has 0 fully saturated rings. The molecule has 0 spiro atoms. The van der Waals surface area contributed by atoms with Crippen molar-refractivity contribution in [1.82, 2.24) is 0 Å². The normalized spacial score (nSPS) is 19.1. The van der Waals surface area contributed by atoms with Crippen molar-refractivity contribution in [3.05, 3.63) is 93.8 Å². The molecule has 2 heterocycles. The summed E-state index contributed by atoms with van der Waals surface area (Å²) < 4.78 is 89.9. The number of nitrogens with zero attached hydrogens (tertiary/aromatic N) is 1. The highest BCUT2D eigenvalue weighted by atomic mass is 32.2. The number of phenolic OH excluding ortho intramolecular Hbond substituents is 1. The molecule has 0 aliphatic carbocycles. The molecule has 2 aliphatic rings. The topological polar surface area (TPSA) is 95.9 Å². The molecule has 0 bridgehead atoms. The van der Waals surface area contributed by atoms with Crippen LogP contribution in [0.4, 0.5) is 28.9 Å². The Balaban J connectivity index is 1.80. The maximum absolute atomic E-state index is 15.8. The molecule has 0 saturated heterocycles. The lowest BCUT2D eigenvalue weighted by Crippen LogP contribution is -2.42. The van der Waals surface area contributed by atoms with Gasteiger partial charge in [-0.1, -0.05) is 44.2 Å². The van der Waals surface area contributed by atoms with Crippen molar-refractivity contribution in [3.63, 3.8) is 0 Å². The number of carbonyl (C=O) groups is 1. The van der Waals surface area contributed by atoms with E-state index in [0.29, 0.717) is 30.1 Å². The van der Waals surface area contributed by atoms with E-state index in [4.69, 9.17) is 4.74 Å². The minimum atomic E-state index is -4.85. The number of anilines is 2. The lowest BCUT2D eigenvalue weighted by Gasteiger charge is -2.37. The summed E-state index contributed by atoms with van der Waals surface area (Å²) in [7, 11) is -4.23. The molecule has 2 aliphatic heterocycles. The summed E-state index contributed by atoms with van der Waals surface area (Å²) in [4.78, 5) is 15.0. The number of sulfone groups is 1. The zero-order valence-electron chi connectivity index (χ0n) is 23.6. The Morgan fingerprint density at radius 1 is 1.12 bits per heavy atom. The minimum Gasteiger partial charge on any atom is -0.506 e. The summed E-state index contributed by atoms with van der Waals surface area (Å²) in [6, 6.07) is 11.1. The highest BCUT2D eigenvalue weighted by Crippen LogP contribution is 2.52. The summed E-state index contributed by atoms with van der Waals surface area (Å²) in [6.45, 7) is 5.53. The summed E-state index contributed by atoms with van der Waals surface area (Å²) in [5, 5.41) is 13.9. The van der Waals surface area contributed by atoms with Gasteiger partial charge in [0.1, 0.15) is 29.0 Å². The zero-order valence-corrected chi connectivity index (χ0v) is 24.4. The number of fused-ring (bicyclic) bond motifs is 1. The molecule has 3 aromatic rings. The van der Waals surface area contributed by atoms with Crippen LogP contribution in [0.25, 0.3) is 0 Å². The maximum Gasteiger partial charge on any atom is 0.416 e. The number of phenols is 1. The van der Waals surface area contributed by atoms with Crippen molar-refractivity contribution in [2.75, 3.05) is 22.6 Å². The molecule has 5 rings (SSSR count). The van der Waals surface area contributed by atoms with E-state index < -0.39 is 50.3 Å². The molecule has 0 saturated carbocycles. The first kappa shape index (κ1) is 30.4. The van der Waals surface area contributed by atoms with E-state index in [-0.39, 0.29) is 46.3 Å². The van der Waals surface area contributed by atoms with Crippen molar-refractivity contribution in [3.8, 4) is 11.5 Å². The number of amides is 1. The molecule has 43 heavy (non-hydrogen) atoms. The Labute approximate surface area is 246 Å². The van der Waals surface area contributed by atoms with Gasteiger partial charge in [-0.15, -0.1) is 0 Å². The molecule has 3 aromatic carbocycles. The number of halogens is 4. The van der Waals surface area contributed by atoms with E-state index >= 15 is 4.39 Å². The number of allylic oxidation sites excluding steroid dienone is 1. The molecule has 0 aromatic heterocycles. The first-order chi connectivity index (χ1) is 20.1. The minimum absolute atomic E-state index is 0.0177. The van der Waals surface area contributed by atoms with Gasteiger partial charge in [-0.25, -0.2) is 12.8 Å². The van der Waals surface area contributed by atoms with Gasteiger partial charge in [0.15, 0.2) is 9.84 Å². The van der Waals surface area contributed by atoms with Gasteiger partial charge in [-0.2, -0.15) is 13.2 Å². The maximum atomic E-state index is 15.8. The molecular weight excluding hydrogens is 588 g/mol. The Kier molecular flexibility index (Phi) is 7.70. The van der Waals surface area contributed by atoms with Crippen LogP contribution in [0.15, 0.2) is 71.3 Å². The SMILES string of the molecule is CCOc1ccccc1CC(=O)N1c2cccc(O)c2NC2=C(C1c1ccc(C(F)(F)F)cc1F)S(=O)(=O)CC(C)(C)C2. The average Bonchev–Trinajstić information content (AvgIpc) is 3.04. The average molecular weight is 619 g/mol. The molecule has 1 atom stereocenters. The van der Waals surface area contributed by atoms with Crippen LogP contribution in [0.2, 0.25) is 0 Å². The van der Waals surface area contributed by atoms with Crippen LogP contribution >= 0.6 is 0 Å². The first-order valence-electron chi connectivity index (χ1n) is 13.6. The molecule has 228 valence electrons. The van der Waals surface area contributed by atoms with Gasteiger partial charge in [0.05, 0.1) is 34.9 Å². The molecule has 7 nitrogen and oxygen atoms in total. The quantitative estimate of drug-likeness (QED) is 0.243. The standard InChI is InChI=1S/C31H30F4N2O5S/c1-4-42-25-11-6-5-8-18(25)14-26(39)37-23-9-7-10-24(38)27(23)36-22-16-30(2,3)17-43(40,41)29(22)28(37)20-13-12-19(15-21(20)32)31(33,34)35/h5-13,15,28,36,38H,4,14,16-17H2,1-3H3. The van der Waals surface area contributed by atoms with Crippen molar-refractivity contribution in [1.29, 1.82) is 0 Å². The smallest absolute Gasteiger partial charge is 0.416 e. The first-order valence-corrected chi connectivity index (χ1v) is 15.2. The van der Waals surface area contributed by atoms with E-state index in [1.807, 2.05) is 0 Å². The van der Waals surface area contributed by atoms with Gasteiger partial charge in [0.25, 0.3) is 0 Å². The number of ether oxygens (including phenoxy) is 1. The van der Waals surface area contributed by atoms with Crippen molar-refractivity contribution < 1.29 is 40.6 Å². The zero-order chi connectivity index (χ0) is 31.3. The lowest BCUT2D eigenvalue weighted by molar-refractivity contribution is -0.137. The second-order valence-corrected chi connectivity index (χ2v) is 13.3. The molecule has 12 heteroatoms. The number of benzene rings is 3. The Morgan fingerprint density at radius 3 is 2.51 bits per heavy atom. The van der Waals surface area contributed by atoms with Crippen molar-refractivity contribution in [2.24, 2.45) is 5.41 Å². The fourth-order valence-corrected chi connectivity index (χ4v) is 8.14. The van der Waals surface area contributed by atoms with Gasteiger partial charge in [-0.05, 0) is 49.1 Å². The van der Waals surface area contributed by atoms with E-state index in [1.54, 1.807) is 45.0 Å². The predicted molar refractivity (Wildman–Crippen MR) is 154 cm³/mol. The highest BCUT2D eigenvalue weighted by molar-refractivity contribution is 7.95. The van der Waals surface area contributed by atoms with Gasteiger partial charge in [-0.3, -0.25) is 9.69 Å². The van der Waals surface area contributed by atoms with Crippen molar-refractivity contribution in [2.45, 2.75) is 45.8 Å². The molecule has 1 amide bonds. The van der Waals surface area contributed by atoms with Crippen LogP contribution in [0.1, 0.15) is 49.9 Å². The number of alkyl halides is 3. The van der Waals surface area contributed by atoms with Crippen LogP contribution in [0.5, 0.6) is 11.5 Å². The third kappa shape index (κ3) is 5.80. The number of nitrogens with one attached hydrogen (secondary N) is 1. The number of para-hydroxylation sites is 2. The fourth-order valence-electron chi connectivity index (χ4n) is 5.78. The van der Waals surface area contributed by atoms with Crippen LogP contribution in [-0.4, -0.2) is 31.8 Å². The molecule has 1 unspecified atom stereocenters. The summed E-state index contributed by atoms with van der Waals surface area (Å²) in [5.41, 5.74) is -1.85. The number of hydrogen-bond donors (Lipinski definition) is 2. The third-order valence-electron chi connectivity index (χ3n) is 7.44. The molecular formula is C31H30F4N2O5S. The van der Waals surface area contributed by atoms with Crippen LogP contribution in [-0.2, 0) is 27.2 Å². The van der Waals surface area contributed by atoms with Gasteiger partial charge < -0.3 is 15.2 Å². The highest BCUT2D eigenvalue weighted by Gasteiger charge is 2.48. The number of hydrogen-bond acceptors (Lipinski definition) is 6. The van der Waals surface area contributed by atoms with Crippen LogP contribution < -0.4 is 15.0 Å². The van der Waals surface area contributed by atoms with Crippen LogP contribution in [0, 0.1) is 11.2 Å². The summed E-state index contributed by atoms with van der Waals surface area (Å²) >= 11 is 0. The predicted octanol–water partition coefficient (Wildman–Crippen LogP) is 6.75. The number of rotatable bonds is 5. The second-order valence-electron chi connectivity index (χ2n) is 11.4.